The summed E-state index contributed by atoms with van der Waals surface area (Å²) in [6, 6.07) is 4.80. The predicted molar refractivity (Wildman–Crippen MR) is 72.1 cm³/mol. The molecule has 19 heavy (non-hydrogen) atoms. The molecule has 2 atom stereocenters. The van der Waals surface area contributed by atoms with Crippen LogP contribution in [0.15, 0.2) is 18.2 Å². The van der Waals surface area contributed by atoms with Crippen molar-refractivity contribution in [1.29, 1.82) is 0 Å². The van der Waals surface area contributed by atoms with Crippen LogP contribution in [0.2, 0.25) is 0 Å². The van der Waals surface area contributed by atoms with E-state index in [1.807, 2.05) is 0 Å². The Kier molecular flexibility index (Phi) is 3.83. The Bertz CT molecular complexity index is 513. The number of rotatable bonds is 3. The number of hydrogen-bond donors (Lipinski definition) is 1. The van der Waals surface area contributed by atoms with E-state index in [1.54, 1.807) is 19.1 Å². The molecule has 2 unspecified atom stereocenters. The maximum atomic E-state index is 12.1. The number of nitro groups is 1. The molecule has 102 valence electrons. The van der Waals surface area contributed by atoms with Gasteiger partial charge in [-0.2, -0.15) is 0 Å². The third kappa shape index (κ3) is 3.10. The van der Waals surface area contributed by atoms with Crippen LogP contribution < -0.4 is 5.32 Å². The first-order valence-electron chi connectivity index (χ1n) is 6.53. The van der Waals surface area contributed by atoms with Gasteiger partial charge < -0.3 is 5.32 Å². The van der Waals surface area contributed by atoms with Gasteiger partial charge in [0, 0.05) is 23.2 Å². The zero-order chi connectivity index (χ0) is 14.0. The van der Waals surface area contributed by atoms with Gasteiger partial charge in [-0.1, -0.05) is 13.0 Å². The Hall–Kier alpha value is -1.91. The highest BCUT2D eigenvalue weighted by Crippen LogP contribution is 2.25. The molecular weight excluding hydrogens is 244 g/mol. The van der Waals surface area contributed by atoms with Gasteiger partial charge in [0.2, 0.25) is 0 Å². The Balaban J connectivity index is 2.11. The van der Waals surface area contributed by atoms with Gasteiger partial charge in [0.15, 0.2) is 0 Å². The van der Waals surface area contributed by atoms with Crippen LogP contribution >= 0.6 is 0 Å². The number of aryl methyl sites for hydroxylation is 1. The quantitative estimate of drug-likeness (QED) is 0.672. The second-order valence-corrected chi connectivity index (χ2v) is 5.35. The third-order valence-corrected chi connectivity index (χ3v) is 3.70. The molecule has 5 heteroatoms. The number of nitrogens with one attached hydrogen (secondary N) is 1. The SMILES string of the molecule is Cc1ccc(C(=O)NC2CCC(C)C2)cc1[N+](=O)[O-]. The fraction of sp³-hybridized carbons (Fsp3) is 0.500. The van der Waals surface area contributed by atoms with Gasteiger partial charge in [0.1, 0.15) is 0 Å². The minimum absolute atomic E-state index is 0.00700. The first kappa shape index (κ1) is 13.5. The summed E-state index contributed by atoms with van der Waals surface area (Å²) in [6.07, 6.45) is 3.10. The van der Waals surface area contributed by atoms with Crippen molar-refractivity contribution in [2.75, 3.05) is 0 Å². The number of hydrogen-bond acceptors (Lipinski definition) is 3. The van der Waals surface area contributed by atoms with Crippen molar-refractivity contribution in [3.8, 4) is 0 Å². The van der Waals surface area contributed by atoms with Crippen molar-refractivity contribution >= 4 is 11.6 Å². The Morgan fingerprint density at radius 1 is 1.42 bits per heavy atom. The average Bonchev–Trinajstić information content (AvgIpc) is 2.74. The van der Waals surface area contributed by atoms with Crippen LogP contribution in [0.25, 0.3) is 0 Å². The molecule has 1 aliphatic carbocycles. The molecule has 0 aromatic heterocycles. The highest BCUT2D eigenvalue weighted by atomic mass is 16.6. The largest absolute Gasteiger partial charge is 0.349 e. The summed E-state index contributed by atoms with van der Waals surface area (Å²) in [5, 5.41) is 13.8. The average molecular weight is 262 g/mol. The molecule has 0 aliphatic heterocycles. The molecule has 5 nitrogen and oxygen atoms in total. The number of nitrogens with zero attached hydrogens (tertiary/aromatic N) is 1. The first-order valence-corrected chi connectivity index (χ1v) is 6.53. The normalized spacial score (nSPS) is 22.2. The minimum Gasteiger partial charge on any atom is -0.349 e. The first-order chi connectivity index (χ1) is 8.97. The Morgan fingerprint density at radius 2 is 2.16 bits per heavy atom. The molecule has 1 saturated carbocycles. The second kappa shape index (κ2) is 5.38. The standard InChI is InChI=1S/C14H18N2O3/c1-9-3-6-12(7-9)15-14(17)11-5-4-10(2)13(8-11)16(18)19/h4-5,8-9,12H,3,6-7H2,1-2H3,(H,15,17). The molecule has 2 rings (SSSR count). The van der Waals surface area contributed by atoms with E-state index in [4.69, 9.17) is 0 Å². The fourth-order valence-electron chi connectivity index (χ4n) is 2.55. The highest BCUT2D eigenvalue weighted by molar-refractivity contribution is 5.95. The maximum absolute atomic E-state index is 12.1. The monoisotopic (exact) mass is 262 g/mol. The molecule has 1 aromatic rings. The molecule has 0 radical (unpaired) electrons. The summed E-state index contributed by atoms with van der Waals surface area (Å²) >= 11 is 0. The van der Waals surface area contributed by atoms with Gasteiger partial charge in [-0.25, -0.2) is 0 Å². The van der Waals surface area contributed by atoms with Gasteiger partial charge >= 0.3 is 0 Å². The zero-order valence-electron chi connectivity index (χ0n) is 11.2. The smallest absolute Gasteiger partial charge is 0.273 e. The van der Waals surface area contributed by atoms with E-state index < -0.39 is 4.92 Å². The van der Waals surface area contributed by atoms with Crippen molar-refractivity contribution in [2.24, 2.45) is 5.92 Å². The summed E-state index contributed by atoms with van der Waals surface area (Å²) in [6.45, 7) is 3.83. The zero-order valence-corrected chi connectivity index (χ0v) is 11.2. The molecule has 1 aromatic carbocycles. The third-order valence-electron chi connectivity index (χ3n) is 3.70. The van der Waals surface area contributed by atoms with Gasteiger partial charge in [0.05, 0.1) is 4.92 Å². The van der Waals surface area contributed by atoms with Crippen molar-refractivity contribution in [3.63, 3.8) is 0 Å². The van der Waals surface area contributed by atoms with Crippen LogP contribution in [0.3, 0.4) is 0 Å². The molecular formula is C14H18N2O3. The molecule has 1 N–H and O–H groups in total. The van der Waals surface area contributed by atoms with Crippen molar-refractivity contribution < 1.29 is 9.72 Å². The van der Waals surface area contributed by atoms with E-state index in [0.29, 0.717) is 17.0 Å². The molecule has 0 heterocycles. The summed E-state index contributed by atoms with van der Waals surface area (Å²) in [5.74, 6) is 0.417. The summed E-state index contributed by atoms with van der Waals surface area (Å²) < 4.78 is 0. The molecule has 1 fully saturated rings. The Labute approximate surface area is 112 Å². The molecule has 0 bridgehead atoms. The van der Waals surface area contributed by atoms with Gasteiger partial charge in [0.25, 0.3) is 11.6 Å². The number of carbonyl (C=O) groups is 1. The van der Waals surface area contributed by atoms with E-state index in [-0.39, 0.29) is 17.6 Å². The lowest BCUT2D eigenvalue weighted by atomic mass is 10.1. The van der Waals surface area contributed by atoms with Crippen molar-refractivity contribution in [3.05, 3.63) is 39.4 Å². The van der Waals surface area contributed by atoms with Gasteiger partial charge in [-0.05, 0) is 38.2 Å². The van der Waals surface area contributed by atoms with Crippen LogP contribution in [-0.4, -0.2) is 16.9 Å². The predicted octanol–water partition coefficient (Wildman–Crippen LogP) is 2.82. The van der Waals surface area contributed by atoms with Crippen molar-refractivity contribution in [1.82, 2.24) is 5.32 Å². The molecule has 1 amide bonds. The summed E-state index contributed by atoms with van der Waals surface area (Å²) in [4.78, 5) is 22.5. The number of benzene rings is 1. The lowest BCUT2D eigenvalue weighted by Gasteiger charge is -2.12. The van der Waals surface area contributed by atoms with Crippen LogP contribution in [0.4, 0.5) is 5.69 Å². The lowest BCUT2D eigenvalue weighted by Crippen LogP contribution is -2.32. The highest BCUT2D eigenvalue weighted by Gasteiger charge is 2.24. The van der Waals surface area contributed by atoms with Crippen molar-refractivity contribution in [2.45, 2.75) is 39.2 Å². The topological polar surface area (TPSA) is 72.2 Å². The lowest BCUT2D eigenvalue weighted by molar-refractivity contribution is -0.385. The van der Waals surface area contributed by atoms with E-state index in [2.05, 4.69) is 12.2 Å². The van der Waals surface area contributed by atoms with Gasteiger partial charge in [-0.3, -0.25) is 14.9 Å². The second-order valence-electron chi connectivity index (χ2n) is 5.35. The van der Waals surface area contributed by atoms with Crippen LogP contribution in [0.1, 0.15) is 42.1 Å². The maximum Gasteiger partial charge on any atom is 0.273 e. The van der Waals surface area contributed by atoms with E-state index >= 15 is 0 Å². The number of nitro benzene ring substituents is 1. The van der Waals surface area contributed by atoms with Crippen LogP contribution in [-0.2, 0) is 0 Å². The van der Waals surface area contributed by atoms with Crippen LogP contribution in [0.5, 0.6) is 0 Å². The number of amides is 1. The minimum atomic E-state index is -0.455. The van der Waals surface area contributed by atoms with Crippen LogP contribution in [0, 0.1) is 23.0 Å². The van der Waals surface area contributed by atoms with E-state index in [9.17, 15) is 14.9 Å². The Morgan fingerprint density at radius 3 is 2.74 bits per heavy atom. The summed E-state index contributed by atoms with van der Waals surface area (Å²) in [7, 11) is 0. The fourth-order valence-corrected chi connectivity index (χ4v) is 2.55. The summed E-state index contributed by atoms with van der Waals surface area (Å²) in [5.41, 5.74) is 0.917. The molecule has 0 saturated heterocycles. The van der Waals surface area contributed by atoms with Gasteiger partial charge in [-0.15, -0.1) is 0 Å². The van der Waals surface area contributed by atoms with E-state index in [1.165, 1.54) is 6.07 Å². The molecule has 0 spiro atoms. The van der Waals surface area contributed by atoms with E-state index in [0.717, 1.165) is 19.3 Å². The molecule has 1 aliphatic rings. The number of carbonyl (C=O) groups excluding carboxylic acids is 1.